The van der Waals surface area contributed by atoms with Gasteiger partial charge in [-0.1, -0.05) is 35.3 Å². The van der Waals surface area contributed by atoms with Gasteiger partial charge in [0.05, 0.1) is 10.0 Å². The molecule has 0 atom stereocenters. The minimum absolute atomic E-state index is 0.0916. The summed E-state index contributed by atoms with van der Waals surface area (Å²) in [4.78, 5) is 0. The average molecular weight is 231 g/mol. The monoisotopic (exact) mass is 230 g/mol. The molecular formula is C11H12Cl2O. The Kier molecular flexibility index (Phi) is 2.74. The normalized spacial score (nSPS) is 18.2. The summed E-state index contributed by atoms with van der Waals surface area (Å²) >= 11 is 12.0. The minimum atomic E-state index is 0.0916. The molecule has 1 aliphatic carbocycles. The molecule has 0 aliphatic heterocycles. The molecule has 0 spiro atoms. The fourth-order valence-corrected chi connectivity index (χ4v) is 2.04. The molecule has 1 fully saturated rings. The van der Waals surface area contributed by atoms with E-state index in [4.69, 9.17) is 23.2 Å². The third kappa shape index (κ3) is 1.90. The van der Waals surface area contributed by atoms with Crippen LogP contribution in [0.1, 0.15) is 18.4 Å². The fraction of sp³-hybridized carbons (Fsp3) is 0.455. The first kappa shape index (κ1) is 10.3. The summed E-state index contributed by atoms with van der Waals surface area (Å²) in [5.41, 5.74) is 1.14. The lowest BCUT2D eigenvalue weighted by molar-refractivity contribution is 0.211. The SMILES string of the molecule is OCC1(Cc2cccc(Cl)c2Cl)CC1. The maximum Gasteiger partial charge on any atom is 0.0624 e. The van der Waals surface area contributed by atoms with Crippen molar-refractivity contribution in [1.82, 2.24) is 0 Å². The van der Waals surface area contributed by atoms with Crippen LogP contribution in [0.3, 0.4) is 0 Å². The van der Waals surface area contributed by atoms with E-state index in [9.17, 15) is 5.11 Å². The first-order valence-electron chi connectivity index (χ1n) is 4.71. The van der Waals surface area contributed by atoms with E-state index in [1.807, 2.05) is 12.1 Å². The second-order valence-corrected chi connectivity index (χ2v) is 4.83. The van der Waals surface area contributed by atoms with Crippen molar-refractivity contribution in [2.24, 2.45) is 5.41 Å². The van der Waals surface area contributed by atoms with Crippen molar-refractivity contribution >= 4 is 23.2 Å². The van der Waals surface area contributed by atoms with Crippen LogP contribution in [0.4, 0.5) is 0 Å². The third-order valence-electron chi connectivity index (χ3n) is 2.89. The largest absolute Gasteiger partial charge is 0.396 e. The standard InChI is InChI=1S/C11H12Cl2O/c12-9-3-1-2-8(10(9)13)6-11(7-14)4-5-11/h1-3,14H,4-7H2. The summed E-state index contributed by atoms with van der Waals surface area (Å²) in [5, 5.41) is 10.4. The minimum Gasteiger partial charge on any atom is -0.396 e. The van der Waals surface area contributed by atoms with Gasteiger partial charge in [-0.2, -0.15) is 0 Å². The molecule has 1 N–H and O–H groups in total. The molecule has 0 radical (unpaired) electrons. The van der Waals surface area contributed by atoms with E-state index in [-0.39, 0.29) is 12.0 Å². The van der Waals surface area contributed by atoms with Crippen LogP contribution in [-0.2, 0) is 6.42 Å². The maximum atomic E-state index is 9.20. The molecule has 0 saturated heterocycles. The van der Waals surface area contributed by atoms with Crippen molar-refractivity contribution in [3.63, 3.8) is 0 Å². The number of benzene rings is 1. The first-order valence-corrected chi connectivity index (χ1v) is 5.46. The van der Waals surface area contributed by atoms with Gasteiger partial charge in [-0.3, -0.25) is 0 Å². The summed E-state index contributed by atoms with van der Waals surface area (Å²) in [7, 11) is 0. The van der Waals surface area contributed by atoms with E-state index >= 15 is 0 Å². The summed E-state index contributed by atoms with van der Waals surface area (Å²) in [6, 6.07) is 5.66. The Morgan fingerprint density at radius 3 is 2.57 bits per heavy atom. The second kappa shape index (κ2) is 3.73. The molecule has 0 amide bonds. The van der Waals surface area contributed by atoms with E-state index in [0.29, 0.717) is 10.0 Å². The number of aliphatic hydroxyl groups excluding tert-OH is 1. The van der Waals surface area contributed by atoms with Crippen LogP contribution in [-0.4, -0.2) is 11.7 Å². The summed E-state index contributed by atoms with van der Waals surface area (Å²) in [5.74, 6) is 0. The molecule has 0 heterocycles. The lowest BCUT2D eigenvalue weighted by atomic mass is 9.97. The highest BCUT2D eigenvalue weighted by atomic mass is 35.5. The predicted octanol–water partition coefficient (Wildman–Crippen LogP) is 3.31. The van der Waals surface area contributed by atoms with Crippen molar-refractivity contribution in [2.45, 2.75) is 19.3 Å². The van der Waals surface area contributed by atoms with Crippen LogP contribution in [0.15, 0.2) is 18.2 Å². The zero-order valence-corrected chi connectivity index (χ0v) is 9.28. The number of hydrogen-bond acceptors (Lipinski definition) is 1. The molecule has 0 aromatic heterocycles. The molecule has 1 aromatic rings. The molecule has 1 saturated carbocycles. The molecule has 1 aliphatic rings. The zero-order chi connectivity index (χ0) is 10.2. The highest BCUT2D eigenvalue weighted by Gasteiger charge is 2.42. The Morgan fingerprint density at radius 2 is 2.00 bits per heavy atom. The van der Waals surface area contributed by atoms with Gasteiger partial charge in [0.25, 0.3) is 0 Å². The number of aliphatic hydroxyl groups is 1. The van der Waals surface area contributed by atoms with Crippen LogP contribution in [0.25, 0.3) is 0 Å². The number of rotatable bonds is 3. The van der Waals surface area contributed by atoms with Gasteiger partial charge in [0, 0.05) is 6.61 Å². The van der Waals surface area contributed by atoms with Crippen molar-refractivity contribution in [3.8, 4) is 0 Å². The van der Waals surface area contributed by atoms with E-state index in [2.05, 4.69) is 0 Å². The van der Waals surface area contributed by atoms with Crippen LogP contribution in [0, 0.1) is 5.41 Å². The lowest BCUT2D eigenvalue weighted by Crippen LogP contribution is -2.10. The van der Waals surface area contributed by atoms with Crippen molar-refractivity contribution < 1.29 is 5.11 Å². The maximum absolute atomic E-state index is 9.20. The van der Waals surface area contributed by atoms with E-state index < -0.39 is 0 Å². The van der Waals surface area contributed by atoms with Crippen LogP contribution in [0.5, 0.6) is 0 Å². The summed E-state index contributed by atoms with van der Waals surface area (Å²) < 4.78 is 0. The van der Waals surface area contributed by atoms with Gasteiger partial charge in [-0.05, 0) is 36.3 Å². The highest BCUT2D eigenvalue weighted by molar-refractivity contribution is 6.42. The van der Waals surface area contributed by atoms with Crippen LogP contribution < -0.4 is 0 Å². The van der Waals surface area contributed by atoms with Crippen LogP contribution >= 0.6 is 23.2 Å². The molecule has 76 valence electrons. The topological polar surface area (TPSA) is 20.2 Å². The fourth-order valence-electron chi connectivity index (χ4n) is 1.66. The summed E-state index contributed by atoms with van der Waals surface area (Å²) in [6.45, 7) is 0.246. The first-order chi connectivity index (χ1) is 6.67. The van der Waals surface area contributed by atoms with Gasteiger partial charge in [-0.15, -0.1) is 0 Å². The molecule has 0 bridgehead atoms. The smallest absolute Gasteiger partial charge is 0.0624 e. The van der Waals surface area contributed by atoms with E-state index in [0.717, 1.165) is 24.8 Å². The van der Waals surface area contributed by atoms with Gasteiger partial charge in [0.15, 0.2) is 0 Å². The molecule has 3 heteroatoms. The van der Waals surface area contributed by atoms with Gasteiger partial charge in [0.1, 0.15) is 0 Å². The van der Waals surface area contributed by atoms with Gasteiger partial charge >= 0.3 is 0 Å². The Hall–Kier alpha value is -0.240. The lowest BCUT2D eigenvalue weighted by Gasteiger charge is -2.13. The Balaban J connectivity index is 2.21. The molecule has 1 nitrogen and oxygen atoms in total. The van der Waals surface area contributed by atoms with E-state index in [1.54, 1.807) is 6.07 Å². The molecule has 14 heavy (non-hydrogen) atoms. The Labute approximate surface area is 93.7 Å². The molecular weight excluding hydrogens is 219 g/mol. The molecule has 0 unspecified atom stereocenters. The quantitative estimate of drug-likeness (QED) is 0.846. The average Bonchev–Trinajstić information content (AvgIpc) is 2.94. The Morgan fingerprint density at radius 1 is 1.29 bits per heavy atom. The summed E-state index contributed by atoms with van der Waals surface area (Å²) in [6.07, 6.45) is 3.02. The van der Waals surface area contributed by atoms with Gasteiger partial charge in [-0.25, -0.2) is 0 Å². The van der Waals surface area contributed by atoms with Crippen LogP contribution in [0.2, 0.25) is 10.0 Å². The number of halogens is 2. The van der Waals surface area contributed by atoms with E-state index in [1.165, 1.54) is 0 Å². The van der Waals surface area contributed by atoms with Crippen molar-refractivity contribution in [3.05, 3.63) is 33.8 Å². The highest BCUT2D eigenvalue weighted by Crippen LogP contribution is 2.48. The van der Waals surface area contributed by atoms with Gasteiger partial charge in [0.2, 0.25) is 0 Å². The van der Waals surface area contributed by atoms with Gasteiger partial charge < -0.3 is 5.11 Å². The molecule has 2 rings (SSSR count). The Bertz CT molecular complexity index is 345. The zero-order valence-electron chi connectivity index (χ0n) is 7.76. The predicted molar refractivity (Wildman–Crippen MR) is 58.9 cm³/mol. The number of hydrogen-bond donors (Lipinski definition) is 1. The molecule has 1 aromatic carbocycles. The van der Waals surface area contributed by atoms with Crippen molar-refractivity contribution in [1.29, 1.82) is 0 Å². The van der Waals surface area contributed by atoms with Crippen molar-refractivity contribution in [2.75, 3.05) is 6.61 Å². The third-order valence-corrected chi connectivity index (χ3v) is 3.75. The second-order valence-electron chi connectivity index (χ2n) is 4.05.